The first-order valence-electron chi connectivity index (χ1n) is 20.6. The molecule has 0 saturated carbocycles. The summed E-state index contributed by atoms with van der Waals surface area (Å²) in [5, 5.41) is 5.16. The van der Waals surface area contributed by atoms with Crippen LogP contribution in [0.3, 0.4) is 0 Å². The minimum atomic E-state index is -2.77. The largest absolute Gasteiger partial charge is 0.147 e. The van der Waals surface area contributed by atoms with Crippen molar-refractivity contribution in [1.29, 1.82) is 0 Å². The SMILES string of the molecule is Cc1ccc(C2=Cc3c(cc(C)c(C)c3-c3cccc4ccccc34)[CH]2[Zr]([CH]2C(c3ccc(C)o3)=Cc3c2cc(C)c(C)c3-c2cccc3ccccc23)=[Si](C)C)o1.Cl.Cl. The number of aryl methyl sites for hydroxylation is 4. The molecule has 0 amide bonds. The molecule has 0 aliphatic heterocycles. The van der Waals surface area contributed by atoms with E-state index in [0.29, 0.717) is 7.25 Å². The monoisotopic (exact) mass is 918 g/mol. The first-order chi connectivity index (χ1) is 28.1. The van der Waals surface area contributed by atoms with Gasteiger partial charge in [0.15, 0.2) is 0 Å². The van der Waals surface area contributed by atoms with Crippen LogP contribution in [-0.2, 0) is 20.4 Å². The predicted molar refractivity (Wildman–Crippen MR) is 258 cm³/mol. The predicted octanol–water partition coefficient (Wildman–Crippen LogP) is 16.0. The average molecular weight is 921 g/mol. The Morgan fingerprint density at radius 1 is 0.483 bits per heavy atom. The maximum absolute atomic E-state index is 6.68. The maximum atomic E-state index is 6.68. The van der Waals surface area contributed by atoms with Crippen LogP contribution in [0.2, 0.25) is 13.1 Å². The molecule has 0 fully saturated rings. The number of hydrogen-bond acceptors (Lipinski definition) is 2. The van der Waals surface area contributed by atoms with Crippen molar-refractivity contribution in [3.05, 3.63) is 189 Å². The molecule has 0 radical (unpaired) electrons. The van der Waals surface area contributed by atoms with E-state index >= 15 is 0 Å². The number of halogens is 2. The molecule has 10 rings (SSSR count). The van der Waals surface area contributed by atoms with Crippen molar-refractivity contribution < 1.29 is 29.2 Å². The Kier molecular flexibility index (Phi) is 11.6. The average Bonchev–Trinajstić information content (AvgIpc) is 4.02. The molecule has 2 aliphatic carbocycles. The molecule has 8 aromatic rings. The minimum absolute atomic E-state index is 0. The Morgan fingerprint density at radius 3 is 1.27 bits per heavy atom. The Hall–Kier alpha value is -4.44. The minimum Gasteiger partial charge on any atom is -0.147 e. The third kappa shape index (κ3) is 6.80. The van der Waals surface area contributed by atoms with Crippen LogP contribution in [0.15, 0.2) is 130 Å². The second-order valence-electron chi connectivity index (χ2n) is 16.8. The van der Waals surface area contributed by atoms with Gasteiger partial charge in [0, 0.05) is 0 Å². The first-order valence-corrected chi connectivity index (χ1v) is 29.6. The molecule has 0 N–H and O–H groups in total. The zero-order valence-corrected chi connectivity index (χ0v) is 40.6. The quantitative estimate of drug-likeness (QED) is 0.155. The Morgan fingerprint density at radius 2 is 0.883 bits per heavy atom. The van der Waals surface area contributed by atoms with Gasteiger partial charge in [-0.05, 0) is 0 Å². The van der Waals surface area contributed by atoms with E-state index in [1.807, 2.05) is 0 Å². The number of fused-ring (bicyclic) bond motifs is 4. The zero-order chi connectivity index (χ0) is 40.0. The summed E-state index contributed by atoms with van der Waals surface area (Å²) in [5.74, 6) is 3.96. The summed E-state index contributed by atoms with van der Waals surface area (Å²) >= 11 is -2.77. The third-order valence-corrected chi connectivity index (χ3v) is 32.2. The number of furan rings is 2. The van der Waals surface area contributed by atoms with Crippen molar-refractivity contribution in [2.24, 2.45) is 0 Å². The van der Waals surface area contributed by atoms with E-state index in [9.17, 15) is 0 Å². The molecule has 0 spiro atoms. The van der Waals surface area contributed by atoms with Gasteiger partial charge in [0.2, 0.25) is 0 Å². The molecule has 0 saturated heterocycles. The molecular formula is C54H50Cl2O2SiZr. The van der Waals surface area contributed by atoms with Crippen molar-refractivity contribution in [1.82, 2.24) is 0 Å². The third-order valence-electron chi connectivity index (χ3n) is 13.0. The van der Waals surface area contributed by atoms with Crippen LogP contribution >= 0.6 is 24.8 Å². The molecule has 2 nitrogen and oxygen atoms in total. The standard InChI is InChI=1S/2C26H21O.C2H6Si.2ClH.Zr/c2*1-16-13-20-14-21(25-12-11-17(2)27-25)15-24(20)26(18(16)3)23-10-6-8-19-7-4-5-9-22(19)23;1-3-2;;;/h2*4-15H,1-3H3;1-2H3;2*1H;. The second kappa shape index (κ2) is 16.4. The molecule has 6 aromatic carbocycles. The summed E-state index contributed by atoms with van der Waals surface area (Å²) in [6, 6.07) is 45.2. The van der Waals surface area contributed by atoms with Gasteiger partial charge in [-0.3, -0.25) is 0 Å². The number of benzene rings is 6. The fourth-order valence-corrected chi connectivity index (χ4v) is 29.9. The summed E-state index contributed by atoms with van der Waals surface area (Å²) in [7, 11) is 0. The van der Waals surface area contributed by atoms with Crippen LogP contribution < -0.4 is 0 Å². The van der Waals surface area contributed by atoms with Gasteiger partial charge in [0.05, 0.1) is 0 Å². The van der Waals surface area contributed by atoms with Crippen LogP contribution in [0, 0.1) is 41.5 Å². The van der Waals surface area contributed by atoms with Crippen LogP contribution in [0.5, 0.6) is 0 Å². The Balaban J connectivity index is 0.00000249. The van der Waals surface area contributed by atoms with Crippen molar-refractivity contribution >= 4 is 75.1 Å². The van der Waals surface area contributed by atoms with Crippen molar-refractivity contribution in [3.8, 4) is 22.3 Å². The molecule has 2 atom stereocenters. The van der Waals surface area contributed by atoms with E-state index in [0.717, 1.165) is 23.0 Å². The van der Waals surface area contributed by atoms with Crippen LogP contribution in [-0.4, -0.2) is 5.43 Å². The number of rotatable bonds is 6. The zero-order valence-electron chi connectivity index (χ0n) is 35.5. The fraction of sp³-hybridized carbons (Fsp3) is 0.185. The van der Waals surface area contributed by atoms with Gasteiger partial charge < -0.3 is 0 Å². The molecule has 300 valence electrons. The van der Waals surface area contributed by atoms with Gasteiger partial charge in [-0.15, -0.1) is 24.8 Å². The number of allylic oxidation sites excluding steroid dienone is 2. The van der Waals surface area contributed by atoms with Gasteiger partial charge in [-0.1, -0.05) is 0 Å². The van der Waals surface area contributed by atoms with Crippen LogP contribution in [0.1, 0.15) is 74.8 Å². The van der Waals surface area contributed by atoms with Crippen LogP contribution in [0.4, 0.5) is 0 Å². The van der Waals surface area contributed by atoms with E-state index in [4.69, 9.17) is 8.83 Å². The van der Waals surface area contributed by atoms with Gasteiger partial charge >= 0.3 is 352 Å². The molecule has 0 bridgehead atoms. The molecule has 2 aromatic heterocycles. The summed E-state index contributed by atoms with van der Waals surface area (Å²) < 4.78 is 14.0. The van der Waals surface area contributed by atoms with Gasteiger partial charge in [0.1, 0.15) is 0 Å². The van der Waals surface area contributed by atoms with Gasteiger partial charge in [0.25, 0.3) is 0 Å². The van der Waals surface area contributed by atoms with Crippen LogP contribution in [0.25, 0.3) is 67.1 Å². The van der Waals surface area contributed by atoms with E-state index < -0.39 is 25.8 Å². The van der Waals surface area contributed by atoms with Gasteiger partial charge in [-0.2, -0.15) is 0 Å². The summed E-state index contributed by atoms with van der Waals surface area (Å²) in [6.07, 6.45) is 5.09. The van der Waals surface area contributed by atoms with Gasteiger partial charge in [-0.25, -0.2) is 0 Å². The maximum Gasteiger partial charge on any atom is -0.147 e. The second-order valence-corrected chi connectivity index (χ2v) is 34.7. The smallest absolute Gasteiger partial charge is 0.147 e. The van der Waals surface area contributed by atoms with Crippen molar-refractivity contribution in [2.45, 2.75) is 61.9 Å². The van der Waals surface area contributed by atoms with Crippen molar-refractivity contribution in [2.75, 3.05) is 0 Å². The molecule has 2 unspecified atom stereocenters. The summed E-state index contributed by atoms with van der Waals surface area (Å²) in [5.41, 5.74) is 18.5. The molecule has 60 heavy (non-hydrogen) atoms. The number of hydrogen-bond donors (Lipinski definition) is 0. The normalized spacial score (nSPS) is 15.3. The topological polar surface area (TPSA) is 26.3 Å². The Labute approximate surface area is 374 Å². The fourth-order valence-electron chi connectivity index (χ4n) is 10.1. The summed E-state index contributed by atoms with van der Waals surface area (Å²) in [6.45, 7) is 18.7. The molecule has 2 aliphatic rings. The van der Waals surface area contributed by atoms with E-state index in [2.05, 4.69) is 188 Å². The first kappa shape index (κ1) is 42.3. The Bertz CT molecular complexity index is 2910. The van der Waals surface area contributed by atoms with E-state index in [1.165, 1.54) is 99.5 Å². The molecular weight excluding hydrogens is 871 g/mol. The molecule has 6 heteroatoms. The summed E-state index contributed by atoms with van der Waals surface area (Å²) in [4.78, 5) is 0. The van der Waals surface area contributed by atoms with E-state index in [-0.39, 0.29) is 24.8 Å². The van der Waals surface area contributed by atoms with Crippen molar-refractivity contribution in [3.63, 3.8) is 0 Å². The van der Waals surface area contributed by atoms with E-state index in [1.54, 1.807) is 0 Å². The molecule has 2 heterocycles.